The van der Waals surface area contributed by atoms with Crippen LogP contribution in [0, 0.1) is 23.7 Å². The molecule has 2 aliphatic rings. The Morgan fingerprint density at radius 2 is 1.27 bits per heavy atom. The van der Waals surface area contributed by atoms with Gasteiger partial charge in [0, 0.05) is 0 Å². The van der Waals surface area contributed by atoms with Gasteiger partial charge in [-0.15, -0.1) is 0 Å². The van der Waals surface area contributed by atoms with E-state index < -0.39 is 0 Å². The summed E-state index contributed by atoms with van der Waals surface area (Å²) in [6.45, 7) is 12.6. The van der Waals surface area contributed by atoms with E-state index in [1.165, 1.54) is 56.9 Å². The van der Waals surface area contributed by atoms with Gasteiger partial charge in [-0.25, -0.2) is 0 Å². The summed E-state index contributed by atoms with van der Waals surface area (Å²) in [5.41, 5.74) is 2.41. The van der Waals surface area contributed by atoms with Crippen molar-refractivity contribution in [3.05, 3.63) is 48.6 Å². The zero-order valence-electron chi connectivity index (χ0n) is 14.7. The van der Waals surface area contributed by atoms with Crippen molar-refractivity contribution < 1.29 is 0 Å². The van der Waals surface area contributed by atoms with Crippen molar-refractivity contribution in [1.29, 1.82) is 0 Å². The first-order valence-electron chi connectivity index (χ1n) is 9.25. The van der Waals surface area contributed by atoms with Gasteiger partial charge in [-0.1, -0.05) is 68.4 Å². The molecular formula is C22H34. The molecular weight excluding hydrogens is 264 g/mol. The minimum absolute atomic E-state index is 0.691. The highest BCUT2D eigenvalue weighted by molar-refractivity contribution is 5.25. The molecule has 0 radical (unpaired) electrons. The normalized spacial score (nSPS) is 33.4. The quantitative estimate of drug-likeness (QED) is 0.384. The molecule has 0 aromatic heterocycles. The molecule has 0 aromatic rings. The predicted molar refractivity (Wildman–Crippen MR) is 98.8 cm³/mol. The van der Waals surface area contributed by atoms with Crippen molar-refractivity contribution in [1.82, 2.24) is 0 Å². The Labute approximate surface area is 138 Å². The SMILES string of the molecule is C=C(C)/C=C\C(=C)C1CCC(/C=C/C2CCC(C)CC2)CC1. The molecule has 0 spiro atoms. The first-order valence-corrected chi connectivity index (χ1v) is 9.25. The second kappa shape index (κ2) is 8.56. The average molecular weight is 299 g/mol. The zero-order chi connectivity index (χ0) is 15.9. The molecule has 0 aromatic carbocycles. The Morgan fingerprint density at radius 3 is 1.77 bits per heavy atom. The van der Waals surface area contributed by atoms with E-state index in [2.05, 4.69) is 44.4 Å². The number of hydrogen-bond donors (Lipinski definition) is 0. The van der Waals surface area contributed by atoms with Crippen molar-refractivity contribution in [2.24, 2.45) is 23.7 Å². The molecule has 0 atom stereocenters. The second-order valence-corrected chi connectivity index (χ2v) is 7.77. The van der Waals surface area contributed by atoms with Crippen LogP contribution >= 0.6 is 0 Å². The van der Waals surface area contributed by atoms with E-state index >= 15 is 0 Å². The van der Waals surface area contributed by atoms with Crippen LogP contribution in [-0.4, -0.2) is 0 Å². The predicted octanol–water partition coefficient (Wildman–Crippen LogP) is 6.86. The first kappa shape index (κ1) is 17.3. The van der Waals surface area contributed by atoms with Crippen molar-refractivity contribution in [2.75, 3.05) is 0 Å². The monoisotopic (exact) mass is 298 g/mol. The Kier molecular flexibility index (Phi) is 6.73. The lowest BCUT2D eigenvalue weighted by Gasteiger charge is -2.28. The summed E-state index contributed by atoms with van der Waals surface area (Å²) in [5.74, 6) is 3.32. The Morgan fingerprint density at radius 1 is 0.773 bits per heavy atom. The minimum Gasteiger partial charge on any atom is -0.0961 e. The maximum absolute atomic E-state index is 4.26. The van der Waals surface area contributed by atoms with Crippen molar-refractivity contribution >= 4 is 0 Å². The molecule has 2 aliphatic carbocycles. The molecule has 0 N–H and O–H groups in total. The molecule has 0 saturated heterocycles. The third-order valence-corrected chi connectivity index (χ3v) is 5.59. The topological polar surface area (TPSA) is 0 Å². The first-order chi connectivity index (χ1) is 10.5. The molecule has 0 aliphatic heterocycles. The number of allylic oxidation sites excluding steroid dienone is 6. The van der Waals surface area contributed by atoms with Gasteiger partial charge in [0.25, 0.3) is 0 Å². The standard InChI is InChI=1S/C22H34/c1-17(2)5-8-19(4)22-15-13-21(14-16-22)12-11-20-9-6-18(3)7-10-20/h5,8,11-12,18,20-22H,1,4,6-7,9-10,13-16H2,2-3H3/b8-5-,12-11+. The molecule has 0 heteroatoms. The van der Waals surface area contributed by atoms with Crippen LogP contribution in [0.1, 0.15) is 65.2 Å². The fourth-order valence-electron chi connectivity index (χ4n) is 3.86. The van der Waals surface area contributed by atoms with Crippen LogP contribution in [-0.2, 0) is 0 Å². The van der Waals surface area contributed by atoms with Crippen molar-refractivity contribution in [3.8, 4) is 0 Å². The highest BCUT2D eigenvalue weighted by Crippen LogP contribution is 2.35. The van der Waals surface area contributed by atoms with Gasteiger partial charge in [0.05, 0.1) is 0 Å². The van der Waals surface area contributed by atoms with Crippen LogP contribution in [0.25, 0.3) is 0 Å². The minimum atomic E-state index is 0.691. The fraction of sp³-hybridized carbons (Fsp3) is 0.636. The Balaban J connectivity index is 1.73. The van der Waals surface area contributed by atoms with Gasteiger partial charge < -0.3 is 0 Å². The molecule has 0 bridgehead atoms. The van der Waals surface area contributed by atoms with Crippen LogP contribution in [0.15, 0.2) is 48.6 Å². The van der Waals surface area contributed by atoms with Gasteiger partial charge in [0.1, 0.15) is 0 Å². The highest BCUT2D eigenvalue weighted by Gasteiger charge is 2.21. The molecule has 22 heavy (non-hydrogen) atoms. The lowest BCUT2D eigenvalue weighted by Crippen LogP contribution is -2.15. The highest BCUT2D eigenvalue weighted by atomic mass is 14.3. The maximum Gasteiger partial charge on any atom is -0.0167 e. The molecule has 2 rings (SSSR count). The second-order valence-electron chi connectivity index (χ2n) is 7.77. The number of hydrogen-bond acceptors (Lipinski definition) is 0. The van der Waals surface area contributed by atoms with E-state index in [0.717, 1.165) is 23.3 Å². The van der Waals surface area contributed by atoms with Crippen LogP contribution in [0.2, 0.25) is 0 Å². The Bertz CT molecular complexity index is 421. The summed E-state index contributed by atoms with van der Waals surface area (Å²) in [5, 5.41) is 0. The lowest BCUT2D eigenvalue weighted by atomic mass is 9.77. The maximum atomic E-state index is 4.26. The fourth-order valence-corrected chi connectivity index (χ4v) is 3.86. The van der Waals surface area contributed by atoms with E-state index in [9.17, 15) is 0 Å². The van der Waals surface area contributed by atoms with E-state index in [-0.39, 0.29) is 0 Å². The van der Waals surface area contributed by atoms with Crippen molar-refractivity contribution in [2.45, 2.75) is 65.2 Å². The van der Waals surface area contributed by atoms with E-state index in [0.29, 0.717) is 5.92 Å². The van der Waals surface area contributed by atoms with Gasteiger partial charge in [0.2, 0.25) is 0 Å². The number of rotatable bonds is 5. The van der Waals surface area contributed by atoms with Gasteiger partial charge in [-0.3, -0.25) is 0 Å². The molecule has 0 nitrogen and oxygen atoms in total. The third-order valence-electron chi connectivity index (χ3n) is 5.59. The van der Waals surface area contributed by atoms with Gasteiger partial charge >= 0.3 is 0 Å². The third kappa shape index (κ3) is 5.63. The molecule has 2 fully saturated rings. The van der Waals surface area contributed by atoms with Gasteiger partial charge in [0.15, 0.2) is 0 Å². The van der Waals surface area contributed by atoms with Crippen molar-refractivity contribution in [3.63, 3.8) is 0 Å². The van der Waals surface area contributed by atoms with E-state index in [4.69, 9.17) is 0 Å². The van der Waals surface area contributed by atoms with E-state index in [1.807, 2.05) is 6.92 Å². The summed E-state index contributed by atoms with van der Waals surface area (Å²) >= 11 is 0. The van der Waals surface area contributed by atoms with E-state index in [1.54, 1.807) is 0 Å². The molecule has 0 heterocycles. The van der Waals surface area contributed by atoms with Crippen LogP contribution in [0.3, 0.4) is 0 Å². The van der Waals surface area contributed by atoms with Crippen LogP contribution in [0.5, 0.6) is 0 Å². The summed E-state index contributed by atoms with van der Waals surface area (Å²) in [6, 6.07) is 0. The molecule has 122 valence electrons. The average Bonchev–Trinajstić information content (AvgIpc) is 2.52. The summed E-state index contributed by atoms with van der Waals surface area (Å²) in [4.78, 5) is 0. The Hall–Kier alpha value is -1.04. The zero-order valence-corrected chi connectivity index (χ0v) is 14.7. The summed E-state index contributed by atoms with van der Waals surface area (Å²) in [6.07, 6.45) is 20.3. The van der Waals surface area contributed by atoms with Gasteiger partial charge in [-0.05, 0) is 69.1 Å². The molecule has 2 saturated carbocycles. The van der Waals surface area contributed by atoms with Crippen LogP contribution in [0.4, 0.5) is 0 Å². The summed E-state index contributed by atoms with van der Waals surface area (Å²) in [7, 11) is 0. The molecule has 0 unspecified atom stereocenters. The van der Waals surface area contributed by atoms with Crippen LogP contribution < -0.4 is 0 Å². The summed E-state index contributed by atoms with van der Waals surface area (Å²) < 4.78 is 0. The van der Waals surface area contributed by atoms with Gasteiger partial charge in [-0.2, -0.15) is 0 Å². The largest absolute Gasteiger partial charge is 0.0961 e. The molecule has 0 amide bonds. The lowest BCUT2D eigenvalue weighted by molar-refractivity contribution is 0.324. The smallest absolute Gasteiger partial charge is 0.0167 e.